The standard InChI is InChI=1S/C20H22FNO3S/c1-2-15-3-9-19(10-4-15)26(24,25)22-13-11-17(12-14-22)20(23)16-5-7-18(21)8-6-16/h3-10,17H,2,11-14H2,1H3. The molecule has 138 valence electrons. The molecule has 0 spiro atoms. The van der Waals surface area contributed by atoms with Crippen molar-refractivity contribution in [3.63, 3.8) is 0 Å². The van der Waals surface area contributed by atoms with Crippen molar-refractivity contribution in [3.05, 3.63) is 65.5 Å². The zero-order valence-electron chi connectivity index (χ0n) is 14.7. The molecule has 6 heteroatoms. The van der Waals surface area contributed by atoms with Gasteiger partial charge in [0, 0.05) is 24.6 Å². The lowest BCUT2D eigenvalue weighted by atomic mass is 9.90. The van der Waals surface area contributed by atoms with Crippen LogP contribution in [0.3, 0.4) is 0 Å². The first-order valence-corrected chi connectivity index (χ1v) is 10.2. The summed E-state index contributed by atoms with van der Waals surface area (Å²) in [5.41, 5.74) is 1.57. The number of halogens is 1. The minimum Gasteiger partial charge on any atom is -0.294 e. The lowest BCUT2D eigenvalue weighted by molar-refractivity contribution is 0.0875. The zero-order chi connectivity index (χ0) is 18.7. The molecule has 26 heavy (non-hydrogen) atoms. The first-order chi connectivity index (χ1) is 12.4. The maximum atomic E-state index is 13.0. The number of benzene rings is 2. The van der Waals surface area contributed by atoms with E-state index in [1.165, 1.54) is 28.6 Å². The molecule has 1 aliphatic rings. The van der Waals surface area contributed by atoms with E-state index in [1.807, 2.05) is 19.1 Å². The molecule has 2 aromatic rings. The third-order valence-corrected chi connectivity index (χ3v) is 6.84. The molecule has 1 saturated heterocycles. The summed E-state index contributed by atoms with van der Waals surface area (Å²) in [6, 6.07) is 12.5. The monoisotopic (exact) mass is 375 g/mol. The van der Waals surface area contributed by atoms with E-state index < -0.39 is 10.0 Å². The number of hydrogen-bond donors (Lipinski definition) is 0. The van der Waals surface area contributed by atoms with E-state index in [0.717, 1.165) is 12.0 Å². The van der Waals surface area contributed by atoms with Crippen LogP contribution in [0.25, 0.3) is 0 Å². The molecule has 0 unspecified atom stereocenters. The first-order valence-electron chi connectivity index (χ1n) is 8.80. The van der Waals surface area contributed by atoms with Crippen LogP contribution in [0.15, 0.2) is 53.4 Å². The van der Waals surface area contributed by atoms with Gasteiger partial charge in [-0.25, -0.2) is 12.8 Å². The first kappa shape index (κ1) is 18.7. The number of rotatable bonds is 5. The third kappa shape index (κ3) is 3.86. The van der Waals surface area contributed by atoms with E-state index in [0.29, 0.717) is 31.5 Å². The molecule has 1 aliphatic heterocycles. The summed E-state index contributed by atoms with van der Waals surface area (Å²) in [6.07, 6.45) is 1.81. The van der Waals surface area contributed by atoms with Crippen molar-refractivity contribution in [3.8, 4) is 0 Å². The summed E-state index contributed by atoms with van der Waals surface area (Å²) in [5, 5.41) is 0. The minimum atomic E-state index is -3.53. The average molecular weight is 375 g/mol. The molecule has 2 aromatic carbocycles. The van der Waals surface area contributed by atoms with Gasteiger partial charge in [0.25, 0.3) is 0 Å². The van der Waals surface area contributed by atoms with Crippen LogP contribution in [0, 0.1) is 11.7 Å². The Morgan fingerprint density at radius 2 is 1.62 bits per heavy atom. The smallest absolute Gasteiger partial charge is 0.243 e. The predicted octanol–water partition coefficient (Wildman–Crippen LogP) is 3.67. The van der Waals surface area contributed by atoms with Gasteiger partial charge in [-0.1, -0.05) is 19.1 Å². The summed E-state index contributed by atoms with van der Waals surface area (Å²) in [4.78, 5) is 12.8. The molecule has 1 fully saturated rings. The number of aryl methyl sites for hydroxylation is 1. The quantitative estimate of drug-likeness (QED) is 0.749. The molecule has 0 saturated carbocycles. The Balaban J connectivity index is 1.67. The van der Waals surface area contributed by atoms with Gasteiger partial charge in [-0.05, 0) is 61.2 Å². The number of carbonyl (C=O) groups excluding carboxylic acids is 1. The average Bonchev–Trinajstić information content (AvgIpc) is 2.68. The van der Waals surface area contributed by atoms with E-state index >= 15 is 0 Å². The van der Waals surface area contributed by atoms with Gasteiger partial charge in [-0.2, -0.15) is 4.31 Å². The zero-order valence-corrected chi connectivity index (χ0v) is 15.5. The molecule has 0 amide bonds. The van der Waals surface area contributed by atoms with Crippen molar-refractivity contribution in [2.24, 2.45) is 5.92 Å². The number of carbonyl (C=O) groups is 1. The van der Waals surface area contributed by atoms with Crippen LogP contribution in [-0.4, -0.2) is 31.6 Å². The molecule has 0 radical (unpaired) electrons. The van der Waals surface area contributed by atoms with Crippen LogP contribution in [0.4, 0.5) is 4.39 Å². The SMILES string of the molecule is CCc1ccc(S(=O)(=O)N2CCC(C(=O)c3ccc(F)cc3)CC2)cc1. The Kier molecular flexibility index (Phi) is 5.53. The number of hydrogen-bond acceptors (Lipinski definition) is 3. The van der Waals surface area contributed by atoms with Crippen LogP contribution in [0.1, 0.15) is 35.7 Å². The van der Waals surface area contributed by atoms with Crippen molar-refractivity contribution in [1.82, 2.24) is 4.31 Å². The van der Waals surface area contributed by atoms with Gasteiger partial charge >= 0.3 is 0 Å². The molecule has 1 heterocycles. The molecular weight excluding hydrogens is 353 g/mol. The number of Topliss-reactive ketones (excluding diaryl/α,β-unsaturated/α-hetero) is 1. The Morgan fingerprint density at radius 3 is 2.15 bits per heavy atom. The molecule has 0 aliphatic carbocycles. The van der Waals surface area contributed by atoms with E-state index in [1.54, 1.807) is 12.1 Å². The van der Waals surface area contributed by atoms with Crippen LogP contribution < -0.4 is 0 Å². The van der Waals surface area contributed by atoms with Gasteiger partial charge in [-0.3, -0.25) is 4.79 Å². The van der Waals surface area contributed by atoms with Crippen molar-refractivity contribution >= 4 is 15.8 Å². The van der Waals surface area contributed by atoms with Crippen LogP contribution in [0.2, 0.25) is 0 Å². The summed E-state index contributed by atoms with van der Waals surface area (Å²) in [6.45, 7) is 2.65. The van der Waals surface area contributed by atoms with Gasteiger partial charge in [0.1, 0.15) is 5.82 Å². The largest absolute Gasteiger partial charge is 0.294 e. The highest BCUT2D eigenvalue weighted by Gasteiger charge is 2.32. The Labute approximate surface area is 153 Å². The Bertz CT molecular complexity index is 868. The second-order valence-electron chi connectivity index (χ2n) is 6.55. The maximum absolute atomic E-state index is 13.0. The highest BCUT2D eigenvalue weighted by atomic mass is 32.2. The highest BCUT2D eigenvalue weighted by Crippen LogP contribution is 2.26. The summed E-state index contributed by atoms with van der Waals surface area (Å²) in [7, 11) is -3.53. The fourth-order valence-corrected chi connectivity index (χ4v) is 4.72. The van der Waals surface area contributed by atoms with Crippen molar-refractivity contribution in [2.75, 3.05) is 13.1 Å². The summed E-state index contributed by atoms with van der Waals surface area (Å²) in [5.74, 6) is -0.653. The molecular formula is C20H22FNO3S. The lowest BCUT2D eigenvalue weighted by Crippen LogP contribution is -2.40. The van der Waals surface area contributed by atoms with Crippen LogP contribution in [-0.2, 0) is 16.4 Å². The molecule has 0 atom stereocenters. The molecule has 3 rings (SSSR count). The minimum absolute atomic E-state index is 0.0469. The predicted molar refractivity (Wildman–Crippen MR) is 98.0 cm³/mol. The normalized spacial score (nSPS) is 16.5. The second-order valence-corrected chi connectivity index (χ2v) is 8.48. The van der Waals surface area contributed by atoms with Crippen molar-refractivity contribution in [1.29, 1.82) is 0 Å². The second kappa shape index (κ2) is 7.68. The lowest BCUT2D eigenvalue weighted by Gasteiger charge is -2.30. The number of nitrogens with zero attached hydrogens (tertiary/aromatic N) is 1. The fourth-order valence-electron chi connectivity index (χ4n) is 3.25. The van der Waals surface area contributed by atoms with E-state index in [9.17, 15) is 17.6 Å². The van der Waals surface area contributed by atoms with Crippen LogP contribution >= 0.6 is 0 Å². The van der Waals surface area contributed by atoms with Gasteiger partial charge in [-0.15, -0.1) is 0 Å². The summed E-state index contributed by atoms with van der Waals surface area (Å²) < 4.78 is 40.0. The van der Waals surface area contributed by atoms with E-state index in [2.05, 4.69) is 0 Å². The third-order valence-electron chi connectivity index (χ3n) is 4.92. The number of piperidine rings is 1. The van der Waals surface area contributed by atoms with Crippen molar-refractivity contribution < 1.29 is 17.6 Å². The maximum Gasteiger partial charge on any atom is 0.243 e. The van der Waals surface area contributed by atoms with Gasteiger partial charge in [0.2, 0.25) is 10.0 Å². The topological polar surface area (TPSA) is 54.5 Å². The molecule has 0 N–H and O–H groups in total. The number of sulfonamides is 1. The highest BCUT2D eigenvalue weighted by molar-refractivity contribution is 7.89. The summed E-state index contributed by atoms with van der Waals surface area (Å²) >= 11 is 0. The van der Waals surface area contributed by atoms with Crippen molar-refractivity contribution in [2.45, 2.75) is 31.1 Å². The molecule has 4 nitrogen and oxygen atoms in total. The van der Waals surface area contributed by atoms with Gasteiger partial charge in [0.15, 0.2) is 5.78 Å². The van der Waals surface area contributed by atoms with E-state index in [4.69, 9.17) is 0 Å². The fraction of sp³-hybridized carbons (Fsp3) is 0.350. The molecule has 0 bridgehead atoms. The van der Waals surface area contributed by atoms with Gasteiger partial charge in [0.05, 0.1) is 4.90 Å². The molecule has 0 aromatic heterocycles. The Hall–Kier alpha value is -2.05. The number of ketones is 1. The van der Waals surface area contributed by atoms with E-state index in [-0.39, 0.29) is 22.4 Å². The van der Waals surface area contributed by atoms with Gasteiger partial charge < -0.3 is 0 Å². The van der Waals surface area contributed by atoms with Crippen LogP contribution in [0.5, 0.6) is 0 Å². The Morgan fingerprint density at radius 1 is 1.04 bits per heavy atom.